The zero-order chi connectivity index (χ0) is 29.7. The average molecular weight is 610 g/mol. The number of benzene rings is 1. The van der Waals surface area contributed by atoms with Gasteiger partial charge in [-0.15, -0.1) is 5.10 Å². The number of fused-ring (bicyclic) bond motifs is 3. The Bertz CT molecular complexity index is 1990. The maximum Gasteiger partial charge on any atom is 0.309 e. The van der Waals surface area contributed by atoms with Crippen molar-refractivity contribution in [3.63, 3.8) is 0 Å². The van der Waals surface area contributed by atoms with Gasteiger partial charge in [-0.2, -0.15) is 14.6 Å². The molecule has 0 aliphatic carbocycles. The lowest BCUT2D eigenvalue weighted by Crippen LogP contribution is -2.47. The lowest BCUT2D eigenvalue weighted by atomic mass is 10.2. The molecule has 0 spiro atoms. The summed E-state index contributed by atoms with van der Waals surface area (Å²) in [5.74, 6) is -0.204. The molecule has 1 saturated heterocycles. The quantitative estimate of drug-likeness (QED) is 0.270. The largest absolute Gasteiger partial charge is 0.482 e. The Hall–Kier alpha value is -4.90. The first-order valence-electron chi connectivity index (χ1n) is 13.4. The smallest absolute Gasteiger partial charge is 0.309 e. The van der Waals surface area contributed by atoms with Gasteiger partial charge in [0, 0.05) is 58.4 Å². The Balaban J connectivity index is 1.03. The zero-order valence-corrected chi connectivity index (χ0v) is 23.7. The summed E-state index contributed by atoms with van der Waals surface area (Å²) in [5.41, 5.74) is 7.32. The van der Waals surface area contributed by atoms with Gasteiger partial charge >= 0.3 is 4.87 Å². The first-order valence-corrected chi connectivity index (χ1v) is 14.2. The van der Waals surface area contributed by atoms with Gasteiger partial charge in [-0.05, 0) is 12.1 Å². The molecule has 7 rings (SSSR count). The van der Waals surface area contributed by atoms with Crippen LogP contribution in [0.4, 0.5) is 20.4 Å². The van der Waals surface area contributed by atoms with E-state index < -0.39 is 11.6 Å². The van der Waals surface area contributed by atoms with Crippen LogP contribution in [0.1, 0.15) is 5.82 Å². The van der Waals surface area contributed by atoms with E-state index in [1.54, 1.807) is 23.7 Å². The highest BCUT2D eigenvalue weighted by atomic mass is 32.1. The van der Waals surface area contributed by atoms with E-state index in [0.29, 0.717) is 72.7 Å². The molecule has 17 heteroatoms. The molecule has 0 atom stereocenters. The number of thiazole rings is 1. The molecule has 6 aromatic rings. The number of aromatic nitrogens is 8. The molecule has 2 N–H and O–H groups in total. The molecule has 5 aromatic heterocycles. The number of rotatable bonds is 8. The predicted octanol–water partition coefficient (Wildman–Crippen LogP) is 2.15. The number of aryl methyl sites for hydroxylation is 1. The third kappa shape index (κ3) is 5.05. The minimum Gasteiger partial charge on any atom is -0.482 e. The van der Waals surface area contributed by atoms with Crippen LogP contribution in [-0.2, 0) is 20.2 Å². The predicted molar refractivity (Wildman–Crippen MR) is 153 cm³/mol. The van der Waals surface area contributed by atoms with Crippen LogP contribution in [-0.4, -0.2) is 76.5 Å². The molecule has 1 aliphatic heterocycles. The molecule has 0 radical (unpaired) electrons. The fourth-order valence-electron chi connectivity index (χ4n) is 5.05. The van der Waals surface area contributed by atoms with Crippen molar-refractivity contribution in [3.05, 3.63) is 64.0 Å². The highest BCUT2D eigenvalue weighted by Gasteiger charge is 2.24. The number of furan rings is 1. The lowest BCUT2D eigenvalue weighted by Gasteiger charge is -2.36. The van der Waals surface area contributed by atoms with Crippen LogP contribution in [0.5, 0.6) is 5.75 Å². The number of hydrogen-bond acceptors (Lipinski definition) is 12. The summed E-state index contributed by atoms with van der Waals surface area (Å²) in [6.45, 7) is 3.13. The van der Waals surface area contributed by atoms with Crippen molar-refractivity contribution in [1.29, 1.82) is 0 Å². The Morgan fingerprint density at radius 2 is 1.91 bits per heavy atom. The Morgan fingerprint density at radius 3 is 2.65 bits per heavy atom. The molecule has 43 heavy (non-hydrogen) atoms. The SMILES string of the molecule is Cn1cnc(COc2cc(N3CCN(CCn4c(=O)sc5c4nc(N)n4nc(-c6ccco6)nc54)CC3)c(F)cc2F)n1. The van der Waals surface area contributed by atoms with E-state index in [1.165, 1.54) is 27.9 Å². The van der Waals surface area contributed by atoms with Crippen molar-refractivity contribution >= 4 is 39.0 Å². The monoisotopic (exact) mass is 609 g/mol. The van der Waals surface area contributed by atoms with E-state index in [-0.39, 0.29) is 28.9 Å². The van der Waals surface area contributed by atoms with Gasteiger partial charge in [0.05, 0.1) is 12.0 Å². The molecular weight excluding hydrogens is 584 g/mol. The van der Waals surface area contributed by atoms with Crippen molar-refractivity contribution in [2.75, 3.05) is 43.4 Å². The number of ether oxygens (including phenoxy) is 1. The molecule has 222 valence electrons. The van der Waals surface area contributed by atoms with Crippen LogP contribution < -0.4 is 20.2 Å². The second-order valence-electron chi connectivity index (χ2n) is 9.98. The Labute approximate surface area is 245 Å². The standard InChI is InChI=1S/C26H25F2N11O3S/c1-35-14-30-20(33-35)13-42-19-12-17(15(27)11-16(19)28)37-7-4-36(5-8-37)6-9-38-23-21(43-26(38)40)24-31-22(18-3-2-10-41-18)34-39(24)25(29)32-23/h2-3,10-12,14H,4-9,13H2,1H3,(H2,29,32). The van der Waals surface area contributed by atoms with Crippen LogP contribution >= 0.6 is 11.3 Å². The number of anilines is 2. The third-order valence-corrected chi connectivity index (χ3v) is 8.18. The number of nitrogens with zero attached hydrogens (tertiary/aromatic N) is 10. The molecular formula is C26H25F2N11O3S. The summed E-state index contributed by atoms with van der Waals surface area (Å²) in [7, 11) is 1.72. The summed E-state index contributed by atoms with van der Waals surface area (Å²) >= 11 is 1.04. The van der Waals surface area contributed by atoms with Gasteiger partial charge in [0.1, 0.15) is 23.5 Å². The number of piperazine rings is 1. The third-order valence-electron chi connectivity index (χ3n) is 7.22. The zero-order valence-electron chi connectivity index (χ0n) is 22.9. The second kappa shape index (κ2) is 10.7. The average Bonchev–Trinajstić information content (AvgIpc) is 3.79. The van der Waals surface area contributed by atoms with E-state index in [4.69, 9.17) is 14.9 Å². The summed E-state index contributed by atoms with van der Waals surface area (Å²) in [6.07, 6.45) is 3.04. The molecule has 6 heterocycles. The molecule has 1 fully saturated rings. The van der Waals surface area contributed by atoms with Crippen molar-refractivity contribution in [2.24, 2.45) is 7.05 Å². The van der Waals surface area contributed by atoms with Crippen LogP contribution in [0.3, 0.4) is 0 Å². The fourth-order valence-corrected chi connectivity index (χ4v) is 5.99. The van der Waals surface area contributed by atoms with Gasteiger partial charge in [0.25, 0.3) is 0 Å². The highest BCUT2D eigenvalue weighted by molar-refractivity contribution is 7.17. The Morgan fingerprint density at radius 1 is 1.07 bits per heavy atom. The van der Waals surface area contributed by atoms with E-state index in [0.717, 1.165) is 17.4 Å². The minimum atomic E-state index is -0.793. The second-order valence-corrected chi connectivity index (χ2v) is 10.9. The maximum atomic E-state index is 14.8. The highest BCUT2D eigenvalue weighted by Crippen LogP contribution is 2.30. The van der Waals surface area contributed by atoms with Crippen LogP contribution in [0.15, 0.2) is 46.1 Å². The van der Waals surface area contributed by atoms with Crippen LogP contribution in [0.25, 0.3) is 27.6 Å². The molecule has 1 aromatic carbocycles. The summed E-state index contributed by atoms with van der Waals surface area (Å²) in [4.78, 5) is 29.9. The van der Waals surface area contributed by atoms with Gasteiger partial charge in [0.2, 0.25) is 11.8 Å². The summed E-state index contributed by atoms with van der Waals surface area (Å²) in [6, 6.07) is 5.68. The molecule has 0 bridgehead atoms. The van der Waals surface area contributed by atoms with Gasteiger partial charge in [-0.25, -0.2) is 18.7 Å². The minimum absolute atomic E-state index is 0.0402. The molecule has 14 nitrogen and oxygen atoms in total. The molecule has 0 saturated carbocycles. The van der Waals surface area contributed by atoms with E-state index in [1.807, 2.05) is 4.90 Å². The lowest BCUT2D eigenvalue weighted by molar-refractivity contribution is 0.247. The number of nitrogens with two attached hydrogens (primary N) is 1. The van der Waals surface area contributed by atoms with Gasteiger partial charge in [-0.3, -0.25) is 18.9 Å². The van der Waals surface area contributed by atoms with Crippen molar-refractivity contribution in [3.8, 4) is 17.3 Å². The number of halogens is 2. The summed E-state index contributed by atoms with van der Waals surface area (Å²) in [5, 5.41) is 8.49. The molecule has 1 aliphatic rings. The first-order chi connectivity index (χ1) is 20.8. The Kier molecular flexibility index (Phi) is 6.73. The van der Waals surface area contributed by atoms with Crippen molar-refractivity contribution in [2.45, 2.75) is 13.2 Å². The number of nitrogen functional groups attached to an aromatic ring is 1. The van der Waals surface area contributed by atoms with Crippen molar-refractivity contribution in [1.82, 2.24) is 43.8 Å². The molecule has 0 unspecified atom stereocenters. The van der Waals surface area contributed by atoms with Gasteiger partial charge < -0.3 is 19.8 Å². The van der Waals surface area contributed by atoms with Crippen LogP contribution in [0, 0.1) is 11.6 Å². The van der Waals surface area contributed by atoms with Crippen molar-refractivity contribution < 1.29 is 17.9 Å². The molecule has 0 amide bonds. The van der Waals surface area contributed by atoms with E-state index >= 15 is 0 Å². The van der Waals surface area contributed by atoms with Gasteiger partial charge in [-0.1, -0.05) is 11.3 Å². The maximum absolute atomic E-state index is 14.8. The van der Waals surface area contributed by atoms with Crippen LogP contribution in [0.2, 0.25) is 0 Å². The fraction of sp³-hybridized carbons (Fsp3) is 0.308. The topological polar surface area (TPSA) is 151 Å². The number of hydrogen-bond donors (Lipinski definition) is 1. The van der Waals surface area contributed by atoms with E-state index in [9.17, 15) is 13.6 Å². The summed E-state index contributed by atoms with van der Waals surface area (Å²) < 4.78 is 45.2. The van der Waals surface area contributed by atoms with E-state index in [2.05, 4.69) is 30.0 Å². The first kappa shape index (κ1) is 27.0. The van der Waals surface area contributed by atoms with Gasteiger partial charge in [0.15, 0.2) is 34.4 Å². The normalized spacial score (nSPS) is 14.3.